The molecular formula is C16H35NO3. The van der Waals surface area contributed by atoms with Gasteiger partial charge in [-0.15, -0.1) is 0 Å². The van der Waals surface area contributed by atoms with Gasteiger partial charge in [-0.3, -0.25) is 4.79 Å². The lowest BCUT2D eigenvalue weighted by Crippen LogP contribution is -2.17. The van der Waals surface area contributed by atoms with Gasteiger partial charge in [0.05, 0.1) is 6.10 Å². The summed E-state index contributed by atoms with van der Waals surface area (Å²) in [5, 5.41) is 17.0. The highest BCUT2D eigenvalue weighted by Crippen LogP contribution is 2.10. The van der Waals surface area contributed by atoms with Gasteiger partial charge in [0.2, 0.25) is 0 Å². The maximum atomic E-state index is 10.2. The van der Waals surface area contributed by atoms with Gasteiger partial charge in [0.1, 0.15) is 0 Å². The van der Waals surface area contributed by atoms with Crippen molar-refractivity contribution in [2.75, 3.05) is 6.54 Å². The predicted octanol–water partition coefficient (Wildman–Crippen LogP) is 3.71. The van der Waals surface area contributed by atoms with Gasteiger partial charge in [0.15, 0.2) is 0 Å². The number of rotatable bonds is 12. The first-order valence-electron chi connectivity index (χ1n) is 8.18. The first kappa shape index (κ1) is 21.7. The Bertz CT molecular complexity index is 194. The van der Waals surface area contributed by atoms with Crippen molar-refractivity contribution in [2.24, 2.45) is 5.73 Å². The number of nitrogens with two attached hydrogens (primary N) is 1. The largest absolute Gasteiger partial charge is 0.481 e. The molecular weight excluding hydrogens is 254 g/mol. The third-order valence-corrected chi connectivity index (χ3v) is 3.24. The minimum absolute atomic E-state index is 0.287. The lowest BCUT2D eigenvalue weighted by atomic mass is 10.1. The van der Waals surface area contributed by atoms with Crippen LogP contribution in [0, 0.1) is 0 Å². The van der Waals surface area contributed by atoms with Crippen LogP contribution in [0.3, 0.4) is 0 Å². The zero-order valence-corrected chi connectivity index (χ0v) is 13.4. The fraction of sp³-hybridized carbons (Fsp3) is 0.938. The maximum Gasteiger partial charge on any atom is 0.303 e. The summed E-state index contributed by atoms with van der Waals surface area (Å²) in [6.07, 6.45) is 12.0. The van der Waals surface area contributed by atoms with E-state index < -0.39 is 5.97 Å². The van der Waals surface area contributed by atoms with Crippen LogP contribution >= 0.6 is 0 Å². The van der Waals surface area contributed by atoms with Gasteiger partial charge in [-0.25, -0.2) is 0 Å². The van der Waals surface area contributed by atoms with Gasteiger partial charge >= 0.3 is 5.97 Å². The number of unbranched alkanes of at least 4 members (excludes halogenated alkanes) is 8. The molecule has 4 nitrogen and oxygen atoms in total. The van der Waals surface area contributed by atoms with Crippen LogP contribution in [0.25, 0.3) is 0 Å². The average molecular weight is 289 g/mol. The molecule has 0 aliphatic heterocycles. The molecule has 0 saturated heterocycles. The smallest absolute Gasteiger partial charge is 0.303 e. The Morgan fingerprint density at radius 3 is 1.70 bits per heavy atom. The molecule has 0 amide bonds. The van der Waals surface area contributed by atoms with Crippen LogP contribution in [0.2, 0.25) is 0 Å². The van der Waals surface area contributed by atoms with Gasteiger partial charge in [0.25, 0.3) is 0 Å². The van der Waals surface area contributed by atoms with Crippen LogP contribution in [-0.4, -0.2) is 28.8 Å². The summed E-state index contributed by atoms with van der Waals surface area (Å²) in [7, 11) is 0. The third kappa shape index (κ3) is 22.6. The molecule has 0 saturated carbocycles. The van der Waals surface area contributed by atoms with Crippen molar-refractivity contribution in [1.29, 1.82) is 0 Å². The Morgan fingerprint density at radius 2 is 1.40 bits per heavy atom. The number of carboxylic acids is 1. The van der Waals surface area contributed by atoms with E-state index in [1.165, 1.54) is 44.9 Å². The van der Waals surface area contributed by atoms with Gasteiger partial charge in [-0.1, -0.05) is 65.2 Å². The second kappa shape index (κ2) is 18.4. The minimum atomic E-state index is -0.659. The highest BCUT2D eigenvalue weighted by molar-refractivity contribution is 5.66. The second-order valence-electron chi connectivity index (χ2n) is 5.27. The molecule has 0 radical (unpaired) electrons. The maximum absolute atomic E-state index is 10.2. The summed E-state index contributed by atoms with van der Waals surface area (Å²) in [5.74, 6) is -0.659. The number of carboxylic acid groups (broad SMARTS) is 1. The summed E-state index contributed by atoms with van der Waals surface area (Å²) in [5.41, 5.74) is 5.03. The Balaban J connectivity index is 0. The fourth-order valence-corrected chi connectivity index (χ4v) is 1.75. The average Bonchev–Trinajstić information content (AvgIpc) is 2.45. The first-order chi connectivity index (χ1) is 9.58. The van der Waals surface area contributed by atoms with Crippen LogP contribution in [0.15, 0.2) is 0 Å². The predicted molar refractivity (Wildman–Crippen MR) is 84.8 cm³/mol. The van der Waals surface area contributed by atoms with E-state index in [4.69, 9.17) is 15.9 Å². The van der Waals surface area contributed by atoms with Crippen molar-refractivity contribution >= 4 is 5.97 Å². The molecule has 0 aromatic carbocycles. The number of aliphatic hydroxyl groups excluding tert-OH is 1. The summed E-state index contributed by atoms with van der Waals surface area (Å²) in [6, 6.07) is 0. The van der Waals surface area contributed by atoms with E-state index in [0.29, 0.717) is 13.0 Å². The molecule has 0 fully saturated rings. The van der Waals surface area contributed by atoms with E-state index in [2.05, 4.69) is 6.92 Å². The van der Waals surface area contributed by atoms with E-state index in [9.17, 15) is 4.79 Å². The van der Waals surface area contributed by atoms with Crippen molar-refractivity contribution in [3.8, 4) is 0 Å². The van der Waals surface area contributed by atoms with Crippen LogP contribution in [-0.2, 0) is 4.79 Å². The van der Waals surface area contributed by atoms with E-state index in [1.54, 1.807) is 0 Å². The molecule has 0 aromatic rings. The molecule has 4 N–H and O–H groups in total. The molecule has 0 aromatic heterocycles. The zero-order chi connectivity index (χ0) is 15.6. The topological polar surface area (TPSA) is 83.5 Å². The molecule has 0 heterocycles. The van der Waals surface area contributed by atoms with Crippen LogP contribution in [0.5, 0.6) is 0 Å². The summed E-state index contributed by atoms with van der Waals surface area (Å²) < 4.78 is 0. The number of aliphatic hydroxyl groups is 1. The molecule has 0 aliphatic carbocycles. The van der Waals surface area contributed by atoms with Gasteiger partial charge < -0.3 is 15.9 Å². The summed E-state index contributed by atoms with van der Waals surface area (Å²) >= 11 is 0. The highest BCUT2D eigenvalue weighted by Gasteiger charge is 1.96. The SMILES string of the molecule is CCC(O)CN.CCCCCCCCCCCC(=O)O. The Labute approximate surface area is 124 Å². The lowest BCUT2D eigenvalue weighted by Gasteiger charge is -2.00. The number of carbonyl (C=O) groups is 1. The normalized spacial score (nSPS) is 11.6. The number of aliphatic carboxylic acids is 1. The van der Waals surface area contributed by atoms with E-state index >= 15 is 0 Å². The molecule has 0 rings (SSSR count). The highest BCUT2D eigenvalue weighted by atomic mass is 16.4. The van der Waals surface area contributed by atoms with Gasteiger partial charge in [-0.2, -0.15) is 0 Å². The summed E-state index contributed by atoms with van der Waals surface area (Å²) in [6.45, 7) is 4.51. The van der Waals surface area contributed by atoms with Crippen molar-refractivity contribution in [2.45, 2.75) is 90.6 Å². The van der Waals surface area contributed by atoms with Crippen LogP contribution in [0.1, 0.15) is 84.5 Å². The van der Waals surface area contributed by atoms with Crippen molar-refractivity contribution in [1.82, 2.24) is 0 Å². The quantitative estimate of drug-likeness (QED) is 0.478. The number of hydrogen-bond donors (Lipinski definition) is 3. The van der Waals surface area contributed by atoms with E-state index in [0.717, 1.165) is 19.3 Å². The Hall–Kier alpha value is -0.610. The van der Waals surface area contributed by atoms with Gasteiger partial charge in [-0.05, 0) is 12.8 Å². The lowest BCUT2D eigenvalue weighted by molar-refractivity contribution is -0.137. The molecule has 4 heteroatoms. The first-order valence-corrected chi connectivity index (χ1v) is 8.18. The van der Waals surface area contributed by atoms with Crippen molar-refractivity contribution in [3.05, 3.63) is 0 Å². The van der Waals surface area contributed by atoms with Gasteiger partial charge in [0, 0.05) is 13.0 Å². The third-order valence-electron chi connectivity index (χ3n) is 3.24. The molecule has 0 bridgehead atoms. The zero-order valence-electron chi connectivity index (χ0n) is 13.4. The van der Waals surface area contributed by atoms with Crippen LogP contribution < -0.4 is 5.73 Å². The summed E-state index contributed by atoms with van der Waals surface area (Å²) in [4.78, 5) is 10.2. The van der Waals surface area contributed by atoms with Crippen LogP contribution in [0.4, 0.5) is 0 Å². The Kier molecular flexibility index (Phi) is 19.9. The molecule has 1 atom stereocenters. The molecule has 1 unspecified atom stereocenters. The monoisotopic (exact) mass is 289 g/mol. The molecule has 122 valence electrons. The standard InChI is InChI=1S/C12H24O2.C4H11NO/c1-2-3-4-5-6-7-8-9-10-11-12(13)14;1-2-4(6)3-5/h2-11H2,1H3,(H,13,14);4,6H,2-3,5H2,1H3. The van der Waals surface area contributed by atoms with Crippen molar-refractivity contribution < 1.29 is 15.0 Å². The molecule has 20 heavy (non-hydrogen) atoms. The molecule has 0 aliphatic rings. The Morgan fingerprint density at radius 1 is 0.950 bits per heavy atom. The van der Waals surface area contributed by atoms with E-state index in [-0.39, 0.29) is 6.10 Å². The molecule has 0 spiro atoms. The fourth-order valence-electron chi connectivity index (χ4n) is 1.75. The second-order valence-corrected chi connectivity index (χ2v) is 5.27. The van der Waals surface area contributed by atoms with E-state index in [1.807, 2.05) is 6.92 Å². The number of hydrogen-bond acceptors (Lipinski definition) is 3. The minimum Gasteiger partial charge on any atom is -0.481 e. The van der Waals surface area contributed by atoms with Crippen molar-refractivity contribution in [3.63, 3.8) is 0 Å².